The molecule has 19 rings (SSSR count). The average Bonchev–Trinajstić information content (AvgIpc) is 1.73. The van der Waals surface area contributed by atoms with E-state index in [1.165, 1.54) is 102 Å². The van der Waals surface area contributed by atoms with Crippen molar-refractivity contribution in [3.8, 4) is 0 Å². The van der Waals surface area contributed by atoms with Gasteiger partial charge in [-0.1, -0.05) is 164 Å². The fourth-order valence-electron chi connectivity index (χ4n) is 12.9. The van der Waals surface area contributed by atoms with Crippen LogP contribution in [0.15, 0.2) is 240 Å². The maximum absolute atomic E-state index is 12.3. The van der Waals surface area contributed by atoms with Gasteiger partial charge in [0.2, 0.25) is 17.7 Å². The fourth-order valence-corrected chi connectivity index (χ4v) is 12.9. The van der Waals surface area contributed by atoms with Crippen LogP contribution < -0.4 is 36.4 Å². The lowest BCUT2D eigenvalue weighted by Gasteiger charge is -2.22. The number of aromatic nitrogens is 28. The monoisotopic (exact) mass is 1700 g/mol. The Morgan fingerprint density at radius 2 is 0.787 bits per heavy atom. The van der Waals surface area contributed by atoms with E-state index >= 15 is 0 Å². The molecule has 14 aromatic heterocycles. The smallest absolute Gasteiger partial charge is 0.259 e. The van der Waals surface area contributed by atoms with E-state index in [9.17, 15) is 19.2 Å². The van der Waals surface area contributed by atoms with Gasteiger partial charge in [-0.2, -0.15) is 0 Å². The Morgan fingerprint density at radius 3 is 1.26 bits per heavy atom. The highest BCUT2D eigenvalue weighted by Crippen LogP contribution is 2.26. The summed E-state index contributed by atoms with van der Waals surface area (Å²) < 4.78 is 0. The van der Waals surface area contributed by atoms with Crippen molar-refractivity contribution in [2.75, 3.05) is 50.0 Å². The predicted molar refractivity (Wildman–Crippen MR) is 485 cm³/mol. The number of amides is 4. The van der Waals surface area contributed by atoms with Gasteiger partial charge in [0.25, 0.3) is 5.91 Å². The molecule has 5 aromatic carbocycles. The van der Waals surface area contributed by atoms with E-state index < -0.39 is 0 Å². The van der Waals surface area contributed by atoms with Gasteiger partial charge in [-0.3, -0.25) is 24.1 Å². The lowest BCUT2D eigenvalue weighted by Crippen LogP contribution is -2.27. The Hall–Kier alpha value is -17.0. The van der Waals surface area contributed by atoms with Gasteiger partial charge in [0.1, 0.15) is 82.9 Å². The third-order valence-corrected chi connectivity index (χ3v) is 18.8. The molecule has 0 aliphatic heterocycles. The van der Waals surface area contributed by atoms with E-state index in [0.717, 1.165) is 84.0 Å². The molecule has 39 nitrogen and oxygen atoms in total. The molecule has 0 aliphatic carbocycles. The highest BCUT2D eigenvalue weighted by molar-refractivity contribution is 6.08. The molecule has 14 heterocycles. The third kappa shape index (κ3) is 24.2. The first kappa shape index (κ1) is 87.8. The number of rotatable bonds is 22. The molecule has 0 saturated heterocycles. The van der Waals surface area contributed by atoms with Gasteiger partial charge in [0, 0.05) is 44.7 Å². The van der Waals surface area contributed by atoms with Gasteiger partial charge in [0.05, 0.1) is 56.8 Å². The minimum absolute atomic E-state index is 0.0203. The van der Waals surface area contributed by atoms with Crippen LogP contribution in [-0.4, -0.2) is 177 Å². The number of unbranched alkanes of at least 4 members (excludes halogenated alkanes) is 2. The van der Waals surface area contributed by atoms with Crippen LogP contribution in [0.1, 0.15) is 110 Å². The number of imidazole rings is 7. The van der Waals surface area contributed by atoms with Crippen molar-refractivity contribution in [3.05, 3.63) is 279 Å². The van der Waals surface area contributed by atoms with Crippen LogP contribution in [0.2, 0.25) is 0 Å². The van der Waals surface area contributed by atoms with Crippen LogP contribution in [0.4, 0.5) is 40.7 Å². The lowest BCUT2D eigenvalue weighted by molar-refractivity contribution is -0.116. The summed E-state index contributed by atoms with van der Waals surface area (Å²) in [6, 6.07) is 45.9. The van der Waals surface area contributed by atoms with Gasteiger partial charge in [-0.25, -0.2) is 105 Å². The maximum Gasteiger partial charge on any atom is 0.259 e. The molecule has 127 heavy (non-hydrogen) atoms. The predicted octanol–water partition coefficient (Wildman–Crippen LogP) is 13.8. The van der Waals surface area contributed by atoms with E-state index in [-0.39, 0.29) is 29.7 Å². The summed E-state index contributed by atoms with van der Waals surface area (Å²) in [6.45, 7) is 16.7. The minimum atomic E-state index is -0.213. The number of carbonyl (C=O) groups is 4. The second kappa shape index (κ2) is 44.0. The number of aryl methyl sites for hydroxylation is 2. The van der Waals surface area contributed by atoms with Crippen LogP contribution in [0.3, 0.4) is 0 Å². The molecule has 1 unspecified atom stereocenters. The van der Waals surface area contributed by atoms with Crippen molar-refractivity contribution in [1.82, 2.24) is 140 Å². The Kier molecular flexibility index (Phi) is 30.4. The number of aromatic amines is 7. The first-order valence-electron chi connectivity index (χ1n) is 40.3. The molecule has 39 heteroatoms. The van der Waals surface area contributed by atoms with Gasteiger partial charge in [0.15, 0.2) is 80.3 Å². The summed E-state index contributed by atoms with van der Waals surface area (Å²) in [5, 5.41) is 14.9. The van der Waals surface area contributed by atoms with Gasteiger partial charge in [-0.05, 0) is 82.3 Å². The number of hydrogen-bond donors (Lipinski definition) is 12. The molecule has 0 radical (unpaired) electrons. The number of H-pyrrole nitrogens is 7. The molecule has 4 amide bonds. The molecule has 0 fully saturated rings. The van der Waals surface area contributed by atoms with Crippen molar-refractivity contribution >= 4 is 143 Å². The van der Waals surface area contributed by atoms with Gasteiger partial charge in [-0.15, -0.1) is 0 Å². The van der Waals surface area contributed by atoms with Gasteiger partial charge < -0.3 is 66.4 Å². The van der Waals surface area contributed by atoms with E-state index in [2.05, 4.69) is 260 Å². The zero-order valence-corrected chi connectivity index (χ0v) is 70.6. The number of nitrogens with zero attached hydrogens (tertiary/aromatic N) is 23. The largest absolute Gasteiger partial charge is 0.364 e. The first-order chi connectivity index (χ1) is 62.0. The Labute approximate surface area is 726 Å². The first-order valence-corrected chi connectivity index (χ1v) is 40.3. The number of anilines is 7. The summed E-state index contributed by atoms with van der Waals surface area (Å²) in [6.07, 6.45) is 26.5. The fraction of sp³-hybridized carbons (Fsp3) is 0.193. The molecule has 1 atom stereocenters. The van der Waals surface area contributed by atoms with Crippen molar-refractivity contribution in [2.45, 2.75) is 99.7 Å². The summed E-state index contributed by atoms with van der Waals surface area (Å²) in [5.74, 6) is 3.85. The number of allylic oxidation sites excluding steroid dienone is 1. The summed E-state index contributed by atoms with van der Waals surface area (Å²) in [4.78, 5) is 158. The van der Waals surface area contributed by atoms with Crippen LogP contribution in [0, 0.1) is 13.8 Å². The number of nitrogens with one attached hydrogen (secondary N) is 12. The minimum Gasteiger partial charge on any atom is -0.364 e. The second-order valence-corrected chi connectivity index (χ2v) is 28.5. The number of fused-ring (bicyclic) bond motifs is 7. The Bertz CT molecular complexity index is 6770. The van der Waals surface area contributed by atoms with Crippen molar-refractivity contribution in [2.24, 2.45) is 0 Å². The SMILES string of the molecule is CC(C)=CC(=O)Nc1ncnc2nc[nH]c12.CC(Nc1ncnc2nc[nH]c12)c1ccccc1.CCCCCC(=O)Nc1ncnc2nc[nH]c12.CCN(Cc1ccccc1)c1ncnc2nc[nH]c12.CN(C(=O)c1ccccc1)c1ncnc2nc[nH]c12.Cc1cc(C)cc(CNc2ncnc3nc[nH]c23)c1.O=C(Cc1ccccc1)Nc1ncnc2nc[nH]c12. The summed E-state index contributed by atoms with van der Waals surface area (Å²) in [5.41, 5.74) is 18.1. The molecular formula is C88H91N35O4. The van der Waals surface area contributed by atoms with E-state index in [1.807, 2.05) is 86.6 Å². The molecule has 0 aliphatic rings. The molecule has 0 saturated carbocycles. The number of hydrogen-bond acceptors (Lipinski definition) is 28. The summed E-state index contributed by atoms with van der Waals surface area (Å²) in [7, 11) is 1.68. The van der Waals surface area contributed by atoms with Crippen LogP contribution in [0.5, 0.6) is 0 Å². The third-order valence-electron chi connectivity index (χ3n) is 18.8. The van der Waals surface area contributed by atoms with Crippen molar-refractivity contribution < 1.29 is 19.2 Å². The maximum atomic E-state index is 12.3. The van der Waals surface area contributed by atoms with Crippen molar-refractivity contribution in [3.63, 3.8) is 0 Å². The number of carbonyl (C=O) groups excluding carboxylic acids is 4. The van der Waals surface area contributed by atoms with E-state index in [1.54, 1.807) is 44.5 Å². The van der Waals surface area contributed by atoms with Crippen LogP contribution >= 0.6 is 0 Å². The molecular weight excluding hydrogens is 1610 g/mol. The molecule has 642 valence electrons. The highest BCUT2D eigenvalue weighted by Gasteiger charge is 2.20. The van der Waals surface area contributed by atoms with Gasteiger partial charge >= 0.3 is 0 Å². The Morgan fingerprint density at radius 1 is 0.402 bits per heavy atom. The van der Waals surface area contributed by atoms with Crippen molar-refractivity contribution in [1.29, 1.82) is 0 Å². The molecule has 0 bridgehead atoms. The van der Waals surface area contributed by atoms with Crippen LogP contribution in [0.25, 0.3) is 78.1 Å². The Balaban J connectivity index is 0.000000127. The second-order valence-electron chi connectivity index (χ2n) is 28.5. The molecule has 12 N–H and O–H groups in total. The van der Waals surface area contributed by atoms with E-state index in [0.29, 0.717) is 103 Å². The van der Waals surface area contributed by atoms with E-state index in [4.69, 9.17) is 0 Å². The average molecular weight is 1700 g/mol. The normalized spacial score (nSPS) is 10.9. The highest BCUT2D eigenvalue weighted by atomic mass is 16.2. The molecule has 19 aromatic rings. The zero-order chi connectivity index (χ0) is 88.6. The lowest BCUT2D eigenvalue weighted by atomic mass is 10.1. The standard InChI is InChI=1S/2C14H15N5.2C13H11N5O.C13H13N5.C11H15N5O.C10H11N5O/c1-9-3-10(2)5-11(4-9)6-15-13-12-14(17-7-16-12)19-8-18-13;1-2-19(8-11-6-4-3-5-7-11)14-12-13(16-9-15-12)17-10-18-14;1-18(13(19)9-5-3-2-4-6-9)12-10-11(15-7-14-10)16-8-17-12;19-10(6-9-4-2-1-3-5-9)18-13-11-12(15-7-14-11)16-8-17-13;1-9(10-5-3-2-4-6-10)18-13-11-12(15-7-14-11)16-8-17-13;1-2-3-4-5-8(17)16-11-9-10(13-6-12-9)14-7-15-11;1-6(2)3-7(16)15-10-8-9(12-4-11-8)13-5-14-10/h3-5,7-8H,6H2,1-2H3,(H2,15,16,17,18,19);3-7,9-10H,2,8H2,1H3,(H,15,16,17,18);2-8H,1H3,(H,14,15,16,17);1-5,7-8H,6H2,(H2,14,15,16,17,18,19);2-9H,1H3,(H2,14,15,16,17,18);6-7H,2-5H2,1H3,(H2,12,13,14,15,16,17);3-5H,1-2H3,(H2,11,12,13,14,15,16). The molecule has 0 spiro atoms. The number of benzene rings is 5. The van der Waals surface area contributed by atoms with Crippen LogP contribution in [-0.2, 0) is 33.9 Å². The quantitative estimate of drug-likeness (QED) is 0.0221. The topological polar surface area (TPSA) is 516 Å². The summed E-state index contributed by atoms with van der Waals surface area (Å²) >= 11 is 0. The zero-order valence-electron chi connectivity index (χ0n) is 70.6.